The predicted octanol–water partition coefficient (Wildman–Crippen LogP) is 2.20. The van der Waals surface area contributed by atoms with Gasteiger partial charge in [0.2, 0.25) is 0 Å². The van der Waals surface area contributed by atoms with Crippen molar-refractivity contribution in [3.63, 3.8) is 0 Å². The summed E-state index contributed by atoms with van der Waals surface area (Å²) in [5, 5.41) is 2.85. The van der Waals surface area contributed by atoms with Crippen LogP contribution in [0.3, 0.4) is 0 Å². The standard InChI is InChI=1S/C15H20N2O2Se/c1-15(2,3)19-14(18)17-13(10-16-11-20)9-12-7-5-4-6-8-12/h4-8,13H,9-10H2,1-3H3,(H,17,18)/t13-/m0/s1. The molecule has 0 bridgehead atoms. The van der Waals surface area contributed by atoms with E-state index < -0.39 is 11.7 Å². The second-order valence-corrected chi connectivity index (χ2v) is 5.85. The average molecular weight is 339 g/mol. The van der Waals surface area contributed by atoms with Crippen LogP contribution in [0.1, 0.15) is 26.3 Å². The molecule has 1 amide bonds. The summed E-state index contributed by atoms with van der Waals surface area (Å²) in [5.41, 5.74) is 0.638. The van der Waals surface area contributed by atoms with Crippen molar-refractivity contribution >= 4 is 26.4 Å². The van der Waals surface area contributed by atoms with E-state index in [4.69, 9.17) is 4.74 Å². The first kappa shape index (κ1) is 16.6. The van der Waals surface area contributed by atoms with Crippen LogP contribution in [0.4, 0.5) is 4.79 Å². The van der Waals surface area contributed by atoms with Crippen LogP contribution < -0.4 is 5.32 Å². The third-order valence-corrected chi connectivity index (χ3v) is 2.69. The number of benzene rings is 1. The summed E-state index contributed by atoms with van der Waals surface area (Å²) in [4.78, 5) is 15.9. The maximum absolute atomic E-state index is 11.8. The van der Waals surface area contributed by atoms with E-state index >= 15 is 0 Å². The fraction of sp³-hybridized carbons (Fsp3) is 0.467. The van der Waals surface area contributed by atoms with E-state index in [1.807, 2.05) is 51.1 Å². The van der Waals surface area contributed by atoms with Crippen molar-refractivity contribution in [3.05, 3.63) is 35.9 Å². The number of hydrogen-bond acceptors (Lipinski definition) is 3. The normalized spacial score (nSPS) is 12.2. The van der Waals surface area contributed by atoms with Crippen molar-refractivity contribution in [3.8, 4) is 0 Å². The van der Waals surface area contributed by atoms with Gasteiger partial charge in [0.15, 0.2) is 0 Å². The second kappa shape index (κ2) is 8.01. The number of nitrogens with one attached hydrogen (secondary N) is 1. The molecule has 0 saturated carbocycles. The molecular weight excluding hydrogens is 319 g/mol. The molecule has 5 heteroatoms. The molecule has 20 heavy (non-hydrogen) atoms. The van der Waals surface area contributed by atoms with Crippen LogP contribution in [0, 0.1) is 0 Å². The van der Waals surface area contributed by atoms with Gasteiger partial charge in [0, 0.05) is 0 Å². The molecule has 1 rings (SSSR count). The first-order valence-corrected chi connectivity index (χ1v) is 7.33. The van der Waals surface area contributed by atoms with Gasteiger partial charge in [-0.05, 0) is 0 Å². The minimum atomic E-state index is -0.505. The number of carbonyl (C=O) groups is 1. The molecule has 0 aliphatic carbocycles. The average Bonchev–Trinajstić information content (AvgIpc) is 2.35. The molecule has 0 radical (unpaired) electrons. The maximum atomic E-state index is 11.8. The Labute approximate surface area is 128 Å². The fourth-order valence-corrected chi connectivity index (χ4v) is 1.84. The van der Waals surface area contributed by atoms with Gasteiger partial charge in [-0.25, -0.2) is 0 Å². The molecule has 1 N–H and O–H groups in total. The van der Waals surface area contributed by atoms with Crippen LogP contribution >= 0.6 is 0 Å². The van der Waals surface area contributed by atoms with Crippen LogP contribution in [-0.4, -0.2) is 44.6 Å². The summed E-state index contributed by atoms with van der Waals surface area (Å²) in [6.07, 6.45) is 0.277. The van der Waals surface area contributed by atoms with Crippen molar-refractivity contribution in [1.82, 2.24) is 5.32 Å². The SMILES string of the molecule is CC(C)(C)OC(=O)N[C@H](CN=C=[Se])Cc1ccccc1. The van der Waals surface area contributed by atoms with E-state index in [-0.39, 0.29) is 6.04 Å². The van der Waals surface area contributed by atoms with E-state index in [0.29, 0.717) is 13.0 Å². The van der Waals surface area contributed by atoms with Gasteiger partial charge in [-0.15, -0.1) is 0 Å². The Kier molecular flexibility index (Phi) is 6.66. The number of hydrogen-bond donors (Lipinski definition) is 1. The molecular formula is C15H20N2O2Se. The molecule has 1 aromatic carbocycles. The first-order chi connectivity index (χ1) is 9.40. The van der Waals surface area contributed by atoms with Crippen molar-refractivity contribution in [2.24, 2.45) is 4.99 Å². The molecule has 0 aliphatic rings. The molecule has 108 valence electrons. The van der Waals surface area contributed by atoms with Crippen molar-refractivity contribution < 1.29 is 9.53 Å². The van der Waals surface area contributed by atoms with Gasteiger partial charge in [0.05, 0.1) is 0 Å². The van der Waals surface area contributed by atoms with Crippen LogP contribution in [0.2, 0.25) is 0 Å². The second-order valence-electron chi connectivity index (χ2n) is 5.46. The number of ether oxygens (including phenoxy) is 1. The Bertz CT molecular complexity index is 476. The molecule has 0 aliphatic heterocycles. The molecule has 0 aromatic heterocycles. The summed E-state index contributed by atoms with van der Waals surface area (Å²) in [6.45, 7) is 5.98. The summed E-state index contributed by atoms with van der Waals surface area (Å²) >= 11 is 2.59. The van der Waals surface area contributed by atoms with Gasteiger partial charge in [-0.2, -0.15) is 0 Å². The number of nitrogens with zero attached hydrogens (tertiary/aromatic N) is 1. The van der Waals surface area contributed by atoms with E-state index in [1.54, 1.807) is 0 Å². The van der Waals surface area contributed by atoms with Gasteiger partial charge >= 0.3 is 127 Å². The summed E-state index contributed by atoms with van der Waals surface area (Å²) in [6, 6.07) is 9.84. The zero-order valence-corrected chi connectivity index (χ0v) is 13.8. The minimum absolute atomic E-state index is 0.118. The molecule has 0 fully saturated rings. The van der Waals surface area contributed by atoms with Crippen molar-refractivity contribution in [1.29, 1.82) is 0 Å². The zero-order chi connectivity index (χ0) is 15.0. The van der Waals surface area contributed by atoms with Crippen LogP contribution in [0.5, 0.6) is 0 Å². The van der Waals surface area contributed by atoms with Gasteiger partial charge in [0.1, 0.15) is 0 Å². The molecule has 0 saturated heterocycles. The molecule has 0 spiro atoms. The quantitative estimate of drug-likeness (QED) is 0.660. The Morgan fingerprint density at radius 3 is 2.60 bits per heavy atom. The summed E-state index contributed by atoms with van der Waals surface area (Å²) in [5.74, 6) is 0. The Balaban J connectivity index is 2.64. The van der Waals surface area contributed by atoms with Gasteiger partial charge in [-0.3, -0.25) is 0 Å². The summed E-state index contributed by atoms with van der Waals surface area (Å²) < 4.78 is 7.88. The van der Waals surface area contributed by atoms with Gasteiger partial charge < -0.3 is 0 Å². The first-order valence-electron chi connectivity index (χ1n) is 6.48. The van der Waals surface area contributed by atoms with E-state index in [0.717, 1.165) is 5.56 Å². The Morgan fingerprint density at radius 2 is 2.05 bits per heavy atom. The van der Waals surface area contributed by atoms with Crippen LogP contribution in [0.15, 0.2) is 35.3 Å². The zero-order valence-electron chi connectivity index (χ0n) is 12.1. The van der Waals surface area contributed by atoms with E-state index in [9.17, 15) is 4.79 Å². The topological polar surface area (TPSA) is 50.7 Å². The number of amides is 1. The summed E-state index contributed by atoms with van der Waals surface area (Å²) in [7, 11) is 0. The third-order valence-electron chi connectivity index (χ3n) is 2.42. The number of rotatable bonds is 5. The molecule has 4 nitrogen and oxygen atoms in total. The van der Waals surface area contributed by atoms with Crippen molar-refractivity contribution in [2.75, 3.05) is 6.54 Å². The molecule has 1 aromatic rings. The van der Waals surface area contributed by atoms with Gasteiger partial charge in [-0.1, -0.05) is 0 Å². The number of alkyl carbamates (subject to hydrolysis) is 1. The fourth-order valence-electron chi connectivity index (χ4n) is 1.68. The Hall–Kier alpha value is -1.41. The van der Waals surface area contributed by atoms with Crippen LogP contribution in [-0.2, 0) is 11.2 Å². The van der Waals surface area contributed by atoms with Crippen LogP contribution in [0.25, 0.3) is 0 Å². The van der Waals surface area contributed by atoms with Crippen molar-refractivity contribution in [2.45, 2.75) is 38.8 Å². The third kappa shape index (κ3) is 7.25. The number of carbonyl (C=O) groups excluding carboxylic acids is 1. The number of aliphatic imine (C=N–C) groups is 1. The molecule has 0 unspecified atom stereocenters. The molecule has 1 atom stereocenters. The van der Waals surface area contributed by atoms with Gasteiger partial charge in [0.25, 0.3) is 0 Å². The van der Waals surface area contributed by atoms with E-state index in [1.165, 1.54) is 0 Å². The Morgan fingerprint density at radius 1 is 1.40 bits per heavy atom. The molecule has 0 heterocycles. The predicted molar refractivity (Wildman–Crippen MR) is 81.4 cm³/mol. The monoisotopic (exact) mass is 340 g/mol. The van der Waals surface area contributed by atoms with E-state index in [2.05, 4.69) is 30.6 Å².